The third kappa shape index (κ3) is 2.22. The number of rotatable bonds is 1. The Hall–Kier alpha value is -2.82. The Morgan fingerprint density at radius 3 is 2.84 bits per heavy atom. The monoisotopic (exact) mass is 333 g/mol. The quantitative estimate of drug-likeness (QED) is 0.719. The minimum Gasteiger partial charge on any atom is -0.335 e. The summed E-state index contributed by atoms with van der Waals surface area (Å²) >= 11 is 0. The summed E-state index contributed by atoms with van der Waals surface area (Å²) in [6.45, 7) is 0.801. The van der Waals surface area contributed by atoms with Crippen LogP contribution < -0.4 is 5.69 Å². The average Bonchev–Trinajstić information content (AvgIpc) is 3.19. The molecule has 0 bridgehead atoms. The fourth-order valence-corrected chi connectivity index (χ4v) is 4.56. The lowest BCUT2D eigenvalue weighted by molar-refractivity contribution is 0.0595. The van der Waals surface area contributed by atoms with E-state index in [2.05, 4.69) is 34.2 Å². The molecule has 1 aliphatic carbocycles. The molecule has 0 saturated carbocycles. The molecule has 2 atom stereocenters. The van der Waals surface area contributed by atoms with Crippen molar-refractivity contribution in [2.75, 3.05) is 6.54 Å². The van der Waals surface area contributed by atoms with Gasteiger partial charge in [0.1, 0.15) is 0 Å². The number of aromatic amines is 2. The van der Waals surface area contributed by atoms with Crippen LogP contribution in [0.3, 0.4) is 0 Å². The molecule has 5 heteroatoms. The number of carbonyl (C=O) groups excluding carboxylic acids is 1. The molecule has 2 aliphatic rings. The Morgan fingerprint density at radius 2 is 1.92 bits per heavy atom. The first-order chi connectivity index (χ1) is 12.2. The molecular weight excluding hydrogens is 314 g/mol. The molecular formula is C20H19N3O2. The minimum atomic E-state index is -0.246. The SMILES string of the molecule is O=C(c1ccc2[nH]c(=O)[nH]c2c1)N1CCCC2c3ccccc3C[C@@H]21. The number of aromatic nitrogens is 2. The van der Waals surface area contributed by atoms with Crippen molar-refractivity contribution in [1.82, 2.24) is 14.9 Å². The third-order valence-electron chi connectivity index (χ3n) is 5.69. The highest BCUT2D eigenvalue weighted by molar-refractivity contribution is 5.97. The van der Waals surface area contributed by atoms with Gasteiger partial charge in [0.2, 0.25) is 0 Å². The molecule has 2 N–H and O–H groups in total. The van der Waals surface area contributed by atoms with Gasteiger partial charge in [-0.05, 0) is 48.6 Å². The van der Waals surface area contributed by atoms with Gasteiger partial charge in [-0.1, -0.05) is 24.3 Å². The van der Waals surface area contributed by atoms with Crippen molar-refractivity contribution in [3.63, 3.8) is 0 Å². The highest BCUT2D eigenvalue weighted by Gasteiger charge is 2.40. The number of nitrogens with zero attached hydrogens (tertiary/aromatic N) is 1. The molecule has 1 aromatic heterocycles. The Balaban J connectivity index is 1.49. The fourth-order valence-electron chi connectivity index (χ4n) is 4.56. The number of likely N-dealkylation sites (tertiary alicyclic amines) is 1. The Kier molecular flexibility index (Phi) is 3.10. The Labute approximate surface area is 144 Å². The van der Waals surface area contributed by atoms with Crippen molar-refractivity contribution in [3.8, 4) is 0 Å². The molecule has 1 saturated heterocycles. The minimum absolute atomic E-state index is 0.0615. The largest absolute Gasteiger partial charge is 0.335 e. The predicted octanol–water partition coefficient (Wildman–Crippen LogP) is 2.80. The second kappa shape index (κ2) is 5.34. The highest BCUT2D eigenvalue weighted by atomic mass is 16.2. The van der Waals surface area contributed by atoms with Gasteiger partial charge in [-0.15, -0.1) is 0 Å². The van der Waals surface area contributed by atoms with E-state index in [-0.39, 0.29) is 17.6 Å². The van der Waals surface area contributed by atoms with Gasteiger partial charge in [0, 0.05) is 24.1 Å². The molecule has 1 unspecified atom stereocenters. The number of hydrogen-bond acceptors (Lipinski definition) is 2. The first kappa shape index (κ1) is 14.5. The Bertz CT molecular complexity index is 1030. The van der Waals surface area contributed by atoms with Crippen LogP contribution in [-0.4, -0.2) is 33.4 Å². The molecule has 3 aromatic rings. The molecule has 1 aliphatic heterocycles. The van der Waals surface area contributed by atoms with Gasteiger partial charge < -0.3 is 14.9 Å². The van der Waals surface area contributed by atoms with E-state index in [0.717, 1.165) is 31.3 Å². The average molecular weight is 333 g/mol. The molecule has 0 spiro atoms. The number of imidazole rings is 1. The number of fused-ring (bicyclic) bond motifs is 4. The number of hydrogen-bond donors (Lipinski definition) is 2. The van der Waals surface area contributed by atoms with E-state index >= 15 is 0 Å². The summed E-state index contributed by atoms with van der Waals surface area (Å²) in [4.78, 5) is 32.1. The van der Waals surface area contributed by atoms with E-state index in [1.54, 1.807) is 18.2 Å². The van der Waals surface area contributed by atoms with Crippen molar-refractivity contribution in [2.45, 2.75) is 31.2 Å². The van der Waals surface area contributed by atoms with Crippen LogP contribution in [0.15, 0.2) is 47.3 Å². The summed E-state index contributed by atoms with van der Waals surface area (Å²) < 4.78 is 0. The van der Waals surface area contributed by atoms with Crippen LogP contribution in [0.1, 0.15) is 40.2 Å². The smallest absolute Gasteiger partial charge is 0.323 e. The summed E-state index contributed by atoms with van der Waals surface area (Å²) in [5.74, 6) is 0.510. The van der Waals surface area contributed by atoms with Gasteiger partial charge in [0.05, 0.1) is 11.0 Å². The number of benzene rings is 2. The van der Waals surface area contributed by atoms with Crippen molar-refractivity contribution < 1.29 is 4.79 Å². The maximum absolute atomic E-state index is 13.2. The summed E-state index contributed by atoms with van der Waals surface area (Å²) in [6.07, 6.45) is 3.12. The van der Waals surface area contributed by atoms with Crippen molar-refractivity contribution in [2.24, 2.45) is 0 Å². The summed E-state index contributed by atoms with van der Waals surface area (Å²) in [5, 5.41) is 0. The van der Waals surface area contributed by atoms with E-state index in [9.17, 15) is 9.59 Å². The predicted molar refractivity (Wildman–Crippen MR) is 95.9 cm³/mol. The number of carbonyl (C=O) groups is 1. The van der Waals surface area contributed by atoms with Crippen LogP contribution in [0.5, 0.6) is 0 Å². The maximum Gasteiger partial charge on any atom is 0.323 e. The van der Waals surface area contributed by atoms with Gasteiger partial charge in [0.15, 0.2) is 0 Å². The van der Waals surface area contributed by atoms with Gasteiger partial charge in [-0.3, -0.25) is 4.79 Å². The lowest BCUT2D eigenvalue weighted by Gasteiger charge is -2.38. The molecule has 0 radical (unpaired) electrons. The molecule has 5 rings (SSSR count). The van der Waals surface area contributed by atoms with Gasteiger partial charge in [0.25, 0.3) is 5.91 Å². The van der Waals surface area contributed by atoms with Crippen LogP contribution >= 0.6 is 0 Å². The van der Waals surface area contributed by atoms with Crippen LogP contribution in [-0.2, 0) is 6.42 Å². The van der Waals surface area contributed by atoms with Crippen LogP contribution in [0.2, 0.25) is 0 Å². The topological polar surface area (TPSA) is 69.0 Å². The second-order valence-corrected chi connectivity index (χ2v) is 7.06. The van der Waals surface area contributed by atoms with Gasteiger partial charge in [-0.25, -0.2) is 4.79 Å². The zero-order valence-electron chi connectivity index (χ0n) is 13.8. The lowest BCUT2D eigenvalue weighted by Crippen LogP contribution is -2.46. The van der Waals surface area contributed by atoms with E-state index < -0.39 is 0 Å². The molecule has 1 amide bonds. The number of H-pyrrole nitrogens is 2. The molecule has 1 fully saturated rings. The first-order valence-electron chi connectivity index (χ1n) is 8.81. The van der Waals surface area contributed by atoms with E-state index in [1.165, 1.54) is 11.1 Å². The number of amides is 1. The van der Waals surface area contributed by atoms with Crippen LogP contribution in [0.25, 0.3) is 11.0 Å². The standard InChI is InChI=1S/C20H19N3O2/c24-19(13-7-8-16-17(10-13)22-20(25)21-16)23-9-3-6-15-14-5-2-1-4-12(14)11-18(15)23/h1-2,4-5,7-8,10,15,18H,3,6,9,11H2,(H2,21,22,25)/t15?,18-/m0/s1. The van der Waals surface area contributed by atoms with Gasteiger partial charge in [-0.2, -0.15) is 0 Å². The van der Waals surface area contributed by atoms with Crippen molar-refractivity contribution in [1.29, 1.82) is 0 Å². The highest BCUT2D eigenvalue weighted by Crippen LogP contribution is 2.42. The summed E-state index contributed by atoms with van der Waals surface area (Å²) in [6, 6.07) is 14.2. The van der Waals surface area contributed by atoms with Crippen molar-refractivity contribution >= 4 is 16.9 Å². The zero-order valence-corrected chi connectivity index (χ0v) is 13.8. The normalized spacial score (nSPS) is 22.0. The van der Waals surface area contributed by atoms with E-state index in [1.807, 2.05) is 4.90 Å². The molecule has 25 heavy (non-hydrogen) atoms. The zero-order chi connectivity index (χ0) is 17.0. The maximum atomic E-state index is 13.2. The van der Waals surface area contributed by atoms with Crippen molar-refractivity contribution in [3.05, 3.63) is 69.6 Å². The number of nitrogens with one attached hydrogen (secondary N) is 2. The lowest BCUT2D eigenvalue weighted by atomic mass is 9.88. The molecule has 2 aromatic carbocycles. The summed E-state index contributed by atoms with van der Waals surface area (Å²) in [5.41, 5.74) is 4.59. The van der Waals surface area contributed by atoms with E-state index in [0.29, 0.717) is 17.0 Å². The van der Waals surface area contributed by atoms with Crippen LogP contribution in [0, 0.1) is 0 Å². The molecule has 126 valence electrons. The number of piperidine rings is 1. The Morgan fingerprint density at radius 1 is 1.08 bits per heavy atom. The van der Waals surface area contributed by atoms with Gasteiger partial charge >= 0.3 is 5.69 Å². The second-order valence-electron chi connectivity index (χ2n) is 7.06. The summed E-state index contributed by atoms with van der Waals surface area (Å²) in [7, 11) is 0. The fraction of sp³-hybridized carbons (Fsp3) is 0.300. The first-order valence-corrected chi connectivity index (χ1v) is 8.81. The molecule has 5 nitrogen and oxygen atoms in total. The third-order valence-corrected chi connectivity index (χ3v) is 5.69. The molecule has 2 heterocycles. The van der Waals surface area contributed by atoms with Crippen LogP contribution in [0.4, 0.5) is 0 Å². The van der Waals surface area contributed by atoms with E-state index in [4.69, 9.17) is 0 Å².